The molecule has 2 heterocycles. The molecule has 0 aromatic carbocycles. The zero-order valence-electron chi connectivity index (χ0n) is 13.4. The molecule has 0 saturated heterocycles. The number of hydrogen-bond donors (Lipinski definition) is 2. The molecule has 2 atom stereocenters. The number of nitrogens with zero attached hydrogens (tertiary/aromatic N) is 5. The summed E-state index contributed by atoms with van der Waals surface area (Å²) in [4.78, 5) is 28.3. The molecule has 2 amide bonds. The van der Waals surface area contributed by atoms with E-state index in [4.69, 9.17) is 11.6 Å². The normalized spacial score (nSPS) is 20.0. The fourth-order valence-electron chi connectivity index (χ4n) is 2.89. The molecular weight excluding hydrogens is 346 g/mol. The van der Waals surface area contributed by atoms with E-state index in [0.717, 1.165) is 19.3 Å². The van der Waals surface area contributed by atoms with Crippen molar-refractivity contribution in [2.75, 3.05) is 0 Å². The summed E-state index contributed by atoms with van der Waals surface area (Å²) in [6, 6.07) is 3.23. The monoisotopic (exact) mass is 363 g/mol. The maximum Gasteiger partial charge on any atom is 0.270 e. The molecule has 0 aliphatic heterocycles. The predicted molar refractivity (Wildman–Crippen MR) is 88.7 cm³/mol. The van der Waals surface area contributed by atoms with E-state index in [2.05, 4.69) is 31.1 Å². The van der Waals surface area contributed by atoms with Crippen molar-refractivity contribution in [1.29, 1.82) is 0 Å². The van der Waals surface area contributed by atoms with Crippen LogP contribution in [0.2, 0.25) is 5.02 Å². The maximum absolute atomic E-state index is 12.2. The zero-order valence-corrected chi connectivity index (χ0v) is 14.2. The third-order valence-corrected chi connectivity index (χ3v) is 4.26. The Labute approximate surface area is 149 Å². The summed E-state index contributed by atoms with van der Waals surface area (Å²) in [5.41, 5.74) is 0.328. The molecule has 1 aliphatic carbocycles. The van der Waals surface area contributed by atoms with E-state index < -0.39 is 0 Å². The lowest BCUT2D eigenvalue weighted by atomic mass is 9.91. The number of rotatable bonds is 5. The molecule has 10 heteroatoms. The first-order chi connectivity index (χ1) is 12.1. The smallest absolute Gasteiger partial charge is 0.270 e. The predicted octanol–water partition coefficient (Wildman–Crippen LogP) is 0.579. The highest BCUT2D eigenvalue weighted by atomic mass is 35.5. The van der Waals surface area contributed by atoms with Gasteiger partial charge in [-0.05, 0) is 48.2 Å². The minimum absolute atomic E-state index is 0.00272. The molecule has 3 rings (SSSR count). The lowest BCUT2D eigenvalue weighted by molar-refractivity contribution is -0.122. The first kappa shape index (κ1) is 17.3. The molecule has 9 nitrogen and oxygen atoms in total. The number of pyridine rings is 1. The van der Waals surface area contributed by atoms with Crippen LogP contribution < -0.4 is 10.6 Å². The molecule has 2 N–H and O–H groups in total. The lowest BCUT2D eigenvalue weighted by Gasteiger charge is -2.30. The van der Waals surface area contributed by atoms with Gasteiger partial charge >= 0.3 is 0 Å². The van der Waals surface area contributed by atoms with Gasteiger partial charge in [0.1, 0.15) is 18.6 Å². The van der Waals surface area contributed by atoms with Crippen molar-refractivity contribution in [3.63, 3.8) is 0 Å². The summed E-state index contributed by atoms with van der Waals surface area (Å²) in [6.45, 7) is 0.0786. The second-order valence-corrected chi connectivity index (χ2v) is 6.41. The number of tetrazole rings is 1. The summed E-state index contributed by atoms with van der Waals surface area (Å²) < 4.78 is 1.36. The zero-order chi connectivity index (χ0) is 17.6. The Morgan fingerprint density at radius 1 is 1.24 bits per heavy atom. The summed E-state index contributed by atoms with van der Waals surface area (Å²) in [5.74, 6) is -0.383. The van der Waals surface area contributed by atoms with Crippen molar-refractivity contribution < 1.29 is 9.59 Å². The fourth-order valence-corrected chi connectivity index (χ4v) is 3.01. The second-order valence-electron chi connectivity index (χ2n) is 5.97. The van der Waals surface area contributed by atoms with Gasteiger partial charge in [-0.2, -0.15) is 0 Å². The van der Waals surface area contributed by atoms with Gasteiger partial charge in [-0.1, -0.05) is 11.6 Å². The SMILES string of the molecule is O=C(Cn1cnnn1)NC1CCCC(NC(=O)c2ccc(Cl)cn2)C1. The number of carbonyl (C=O) groups is 2. The molecule has 0 spiro atoms. The molecule has 1 aliphatic rings. The van der Waals surface area contributed by atoms with Crippen molar-refractivity contribution >= 4 is 23.4 Å². The lowest BCUT2D eigenvalue weighted by Crippen LogP contribution is -2.46. The van der Waals surface area contributed by atoms with Gasteiger partial charge in [-0.25, -0.2) is 9.67 Å². The number of halogens is 1. The van der Waals surface area contributed by atoms with Gasteiger partial charge in [0.25, 0.3) is 5.91 Å². The Kier molecular flexibility index (Phi) is 5.54. The summed E-state index contributed by atoms with van der Waals surface area (Å²) in [6.07, 6.45) is 6.20. The summed E-state index contributed by atoms with van der Waals surface area (Å²) in [5, 5.41) is 17.1. The molecule has 132 valence electrons. The highest BCUT2D eigenvalue weighted by Gasteiger charge is 2.25. The molecular formula is C15H18ClN7O2. The molecule has 1 saturated carbocycles. The van der Waals surface area contributed by atoms with Crippen molar-refractivity contribution in [3.8, 4) is 0 Å². The van der Waals surface area contributed by atoms with Crippen LogP contribution in [0, 0.1) is 0 Å². The third kappa shape index (κ3) is 4.96. The van der Waals surface area contributed by atoms with Crippen LogP contribution in [-0.2, 0) is 11.3 Å². The number of nitrogens with one attached hydrogen (secondary N) is 2. The van der Waals surface area contributed by atoms with Crippen molar-refractivity contribution in [3.05, 3.63) is 35.4 Å². The van der Waals surface area contributed by atoms with Crippen LogP contribution in [0.15, 0.2) is 24.7 Å². The highest BCUT2D eigenvalue weighted by molar-refractivity contribution is 6.30. The first-order valence-corrected chi connectivity index (χ1v) is 8.40. The van der Waals surface area contributed by atoms with Crippen molar-refractivity contribution in [1.82, 2.24) is 35.8 Å². The highest BCUT2D eigenvalue weighted by Crippen LogP contribution is 2.19. The first-order valence-electron chi connectivity index (χ1n) is 8.02. The van der Waals surface area contributed by atoms with Crippen LogP contribution in [-0.4, -0.2) is 49.1 Å². The summed E-state index contributed by atoms with van der Waals surface area (Å²) in [7, 11) is 0. The Morgan fingerprint density at radius 2 is 2.04 bits per heavy atom. The fraction of sp³-hybridized carbons (Fsp3) is 0.467. The van der Waals surface area contributed by atoms with E-state index in [0.29, 0.717) is 17.1 Å². The number of carbonyl (C=O) groups excluding carboxylic acids is 2. The van der Waals surface area contributed by atoms with E-state index in [-0.39, 0.29) is 30.4 Å². The van der Waals surface area contributed by atoms with Gasteiger partial charge in [0.15, 0.2) is 0 Å². The Bertz CT molecular complexity index is 720. The average molecular weight is 364 g/mol. The number of amides is 2. The van der Waals surface area contributed by atoms with Crippen molar-refractivity contribution in [2.45, 2.75) is 44.3 Å². The van der Waals surface area contributed by atoms with E-state index in [1.165, 1.54) is 17.2 Å². The van der Waals surface area contributed by atoms with Gasteiger partial charge in [0, 0.05) is 18.3 Å². The van der Waals surface area contributed by atoms with Crippen LogP contribution in [0.25, 0.3) is 0 Å². The topological polar surface area (TPSA) is 115 Å². The molecule has 2 unspecified atom stereocenters. The number of hydrogen-bond acceptors (Lipinski definition) is 6. The van der Waals surface area contributed by atoms with E-state index in [1.54, 1.807) is 12.1 Å². The quantitative estimate of drug-likeness (QED) is 0.803. The largest absolute Gasteiger partial charge is 0.352 e. The minimum atomic E-state index is -0.234. The van der Waals surface area contributed by atoms with Gasteiger partial charge in [-0.15, -0.1) is 5.10 Å². The Morgan fingerprint density at radius 3 is 2.72 bits per heavy atom. The number of aromatic nitrogens is 5. The average Bonchev–Trinajstić information content (AvgIpc) is 3.08. The van der Waals surface area contributed by atoms with E-state index in [1.807, 2.05) is 0 Å². The van der Waals surface area contributed by atoms with Gasteiger partial charge in [0.05, 0.1) is 5.02 Å². The maximum atomic E-state index is 12.2. The Hall–Kier alpha value is -2.55. The van der Waals surface area contributed by atoms with Crippen molar-refractivity contribution in [2.24, 2.45) is 0 Å². The minimum Gasteiger partial charge on any atom is -0.352 e. The van der Waals surface area contributed by atoms with Gasteiger partial charge in [0.2, 0.25) is 5.91 Å². The van der Waals surface area contributed by atoms with Crippen LogP contribution >= 0.6 is 11.6 Å². The standard InChI is InChI=1S/C15H18ClN7O2/c16-10-4-5-13(17-7-10)15(25)20-12-3-1-2-11(6-12)19-14(24)8-23-9-18-21-22-23/h4-5,7,9,11-12H,1-3,6,8H2,(H,19,24)(H,20,25). The van der Waals surface area contributed by atoms with E-state index in [9.17, 15) is 9.59 Å². The molecule has 2 aromatic heterocycles. The molecule has 1 fully saturated rings. The van der Waals surface area contributed by atoms with Gasteiger partial charge < -0.3 is 10.6 Å². The van der Waals surface area contributed by atoms with Crippen LogP contribution in [0.1, 0.15) is 36.2 Å². The Balaban J connectivity index is 1.49. The molecule has 0 radical (unpaired) electrons. The molecule has 2 aromatic rings. The molecule has 25 heavy (non-hydrogen) atoms. The van der Waals surface area contributed by atoms with E-state index >= 15 is 0 Å². The second kappa shape index (κ2) is 8.02. The summed E-state index contributed by atoms with van der Waals surface area (Å²) >= 11 is 5.78. The van der Waals surface area contributed by atoms with Crippen LogP contribution in [0.3, 0.4) is 0 Å². The van der Waals surface area contributed by atoms with Crippen LogP contribution in [0.4, 0.5) is 0 Å². The molecule has 0 bridgehead atoms. The third-order valence-electron chi connectivity index (χ3n) is 4.03. The van der Waals surface area contributed by atoms with Gasteiger partial charge in [-0.3, -0.25) is 9.59 Å². The van der Waals surface area contributed by atoms with Crippen LogP contribution in [0.5, 0.6) is 0 Å².